The van der Waals surface area contributed by atoms with Gasteiger partial charge in [-0.1, -0.05) is 11.6 Å². The van der Waals surface area contributed by atoms with Crippen LogP contribution < -0.4 is 5.56 Å². The molecule has 3 aromatic rings. The Labute approximate surface area is 150 Å². The summed E-state index contributed by atoms with van der Waals surface area (Å²) in [6.07, 6.45) is 5.11. The molecular weight excluding hydrogens is 336 g/mol. The van der Waals surface area contributed by atoms with Crippen molar-refractivity contribution in [1.29, 1.82) is 0 Å². The zero-order chi connectivity index (χ0) is 18.0. The van der Waals surface area contributed by atoms with Crippen molar-refractivity contribution in [2.24, 2.45) is 12.0 Å². The van der Waals surface area contributed by atoms with Gasteiger partial charge < -0.3 is 4.57 Å². The Bertz CT molecular complexity index is 1010. The van der Waals surface area contributed by atoms with Gasteiger partial charge in [0.25, 0.3) is 5.56 Å². The first-order valence-corrected chi connectivity index (χ1v) is 8.04. The lowest BCUT2D eigenvalue weighted by molar-refractivity contribution is 0.859. The molecule has 0 fully saturated rings. The van der Waals surface area contributed by atoms with Crippen LogP contribution in [0.3, 0.4) is 0 Å². The summed E-state index contributed by atoms with van der Waals surface area (Å²) in [7, 11) is 1.72. The van der Waals surface area contributed by atoms with Crippen LogP contribution in [-0.2, 0) is 7.05 Å². The predicted molar refractivity (Wildman–Crippen MR) is 103 cm³/mol. The number of aryl methyl sites for hydroxylation is 1. The van der Waals surface area contributed by atoms with Gasteiger partial charge in [-0.3, -0.25) is 14.4 Å². The average molecular weight is 353 g/mol. The number of nitrogens with zero attached hydrogens (tertiary/aromatic N) is 4. The smallest absolute Gasteiger partial charge is 0.250 e. The van der Waals surface area contributed by atoms with Crippen LogP contribution in [0.2, 0.25) is 5.02 Å². The number of pyridine rings is 1. The molecule has 5 nitrogen and oxygen atoms in total. The van der Waals surface area contributed by atoms with Crippen LogP contribution in [0, 0.1) is 6.92 Å². The Morgan fingerprint density at radius 1 is 1.24 bits per heavy atom. The molecule has 3 rings (SSSR count). The first-order valence-electron chi connectivity index (χ1n) is 7.66. The van der Waals surface area contributed by atoms with Crippen LogP contribution in [-0.4, -0.2) is 20.8 Å². The zero-order valence-electron chi connectivity index (χ0n) is 14.0. The molecule has 2 heterocycles. The van der Waals surface area contributed by atoms with E-state index in [-0.39, 0.29) is 5.56 Å². The first kappa shape index (κ1) is 16.9. The van der Waals surface area contributed by atoms with Crippen molar-refractivity contribution < 1.29 is 0 Å². The monoisotopic (exact) mass is 352 g/mol. The van der Waals surface area contributed by atoms with E-state index in [1.165, 1.54) is 4.57 Å². The SMILES string of the molecule is C=N/C=C\c1nc(-c2ccn(C)c(=O)c2)n(-c2ccc(Cl)cc2)c1C. The summed E-state index contributed by atoms with van der Waals surface area (Å²) in [5.41, 5.74) is 3.25. The fourth-order valence-corrected chi connectivity index (χ4v) is 2.71. The molecule has 126 valence electrons. The summed E-state index contributed by atoms with van der Waals surface area (Å²) in [6.45, 7) is 5.42. The van der Waals surface area contributed by atoms with Gasteiger partial charge in [-0.25, -0.2) is 4.98 Å². The highest BCUT2D eigenvalue weighted by Crippen LogP contribution is 2.27. The Hall–Kier alpha value is -2.92. The van der Waals surface area contributed by atoms with E-state index in [1.807, 2.05) is 41.8 Å². The van der Waals surface area contributed by atoms with E-state index in [0.717, 1.165) is 22.6 Å². The number of hydrogen-bond donors (Lipinski definition) is 0. The minimum Gasteiger partial charge on any atom is -0.319 e. The molecule has 0 bridgehead atoms. The number of imidazole rings is 1. The van der Waals surface area contributed by atoms with Gasteiger partial charge in [0.1, 0.15) is 5.82 Å². The molecule has 0 unspecified atom stereocenters. The third-order valence-corrected chi connectivity index (χ3v) is 4.18. The van der Waals surface area contributed by atoms with Crippen molar-refractivity contribution in [3.63, 3.8) is 0 Å². The Morgan fingerprint density at radius 2 is 1.96 bits per heavy atom. The Kier molecular flexibility index (Phi) is 4.67. The van der Waals surface area contributed by atoms with E-state index in [2.05, 4.69) is 11.7 Å². The van der Waals surface area contributed by atoms with Crippen molar-refractivity contribution in [2.45, 2.75) is 6.92 Å². The van der Waals surface area contributed by atoms with Gasteiger partial charge in [0.05, 0.1) is 5.69 Å². The summed E-state index contributed by atoms with van der Waals surface area (Å²) in [5, 5.41) is 0.660. The third-order valence-electron chi connectivity index (χ3n) is 3.93. The topological polar surface area (TPSA) is 52.2 Å². The van der Waals surface area contributed by atoms with Crippen molar-refractivity contribution in [1.82, 2.24) is 14.1 Å². The third kappa shape index (κ3) is 3.32. The largest absolute Gasteiger partial charge is 0.319 e. The number of benzene rings is 1. The van der Waals surface area contributed by atoms with Gasteiger partial charge in [-0.05, 0) is 50.0 Å². The number of rotatable bonds is 4. The lowest BCUT2D eigenvalue weighted by Gasteiger charge is -2.11. The van der Waals surface area contributed by atoms with Crippen molar-refractivity contribution in [3.8, 4) is 17.1 Å². The van der Waals surface area contributed by atoms with E-state index in [0.29, 0.717) is 10.8 Å². The van der Waals surface area contributed by atoms with E-state index in [1.54, 1.807) is 31.6 Å². The van der Waals surface area contributed by atoms with Crippen LogP contribution in [0.4, 0.5) is 0 Å². The van der Waals surface area contributed by atoms with Gasteiger partial charge in [-0.2, -0.15) is 0 Å². The number of aromatic nitrogens is 3. The normalized spacial score (nSPS) is 11.2. The second kappa shape index (κ2) is 6.91. The fraction of sp³-hybridized carbons (Fsp3) is 0.105. The predicted octanol–water partition coefficient (Wildman–Crippen LogP) is 3.87. The van der Waals surface area contributed by atoms with Crippen molar-refractivity contribution in [3.05, 3.63) is 75.6 Å². The number of aliphatic imine (C=N–C) groups is 1. The fourth-order valence-electron chi connectivity index (χ4n) is 2.59. The Balaban J connectivity index is 2.26. The molecule has 0 atom stereocenters. The standard InChI is InChI=1S/C19H17ClN4O/c1-13-17(8-10-21-2)22-19(14-9-11-23(3)18(25)12-14)24(13)16-6-4-15(20)5-7-16/h4-12H,2H2,1,3H3/b10-8-. The first-order chi connectivity index (χ1) is 12.0. The molecule has 0 saturated heterocycles. The highest BCUT2D eigenvalue weighted by molar-refractivity contribution is 6.30. The molecule has 0 spiro atoms. The molecule has 0 amide bonds. The quantitative estimate of drug-likeness (QED) is 0.669. The maximum Gasteiger partial charge on any atom is 0.250 e. The van der Waals surface area contributed by atoms with E-state index in [4.69, 9.17) is 16.6 Å². The van der Waals surface area contributed by atoms with Crippen LogP contribution >= 0.6 is 11.6 Å². The second-order valence-corrected chi connectivity index (χ2v) is 6.02. The van der Waals surface area contributed by atoms with E-state index < -0.39 is 0 Å². The van der Waals surface area contributed by atoms with Gasteiger partial charge in [0.15, 0.2) is 0 Å². The molecule has 0 N–H and O–H groups in total. The molecule has 25 heavy (non-hydrogen) atoms. The zero-order valence-corrected chi connectivity index (χ0v) is 14.7. The van der Waals surface area contributed by atoms with Gasteiger partial charge in [0.2, 0.25) is 0 Å². The van der Waals surface area contributed by atoms with E-state index >= 15 is 0 Å². The number of hydrogen-bond acceptors (Lipinski definition) is 3. The van der Waals surface area contributed by atoms with Crippen LogP contribution in [0.1, 0.15) is 11.4 Å². The molecular formula is C19H17ClN4O. The minimum atomic E-state index is -0.0920. The minimum absolute atomic E-state index is 0.0920. The molecule has 0 aliphatic carbocycles. The highest BCUT2D eigenvalue weighted by atomic mass is 35.5. The second-order valence-electron chi connectivity index (χ2n) is 5.58. The summed E-state index contributed by atoms with van der Waals surface area (Å²) in [4.78, 5) is 20.5. The van der Waals surface area contributed by atoms with Gasteiger partial charge in [-0.15, -0.1) is 0 Å². The maximum absolute atomic E-state index is 12.0. The number of halogens is 1. The molecule has 0 saturated carbocycles. The average Bonchev–Trinajstić information content (AvgIpc) is 2.93. The maximum atomic E-state index is 12.0. The summed E-state index contributed by atoms with van der Waals surface area (Å²) < 4.78 is 3.52. The van der Waals surface area contributed by atoms with Crippen molar-refractivity contribution >= 4 is 24.4 Å². The summed E-state index contributed by atoms with van der Waals surface area (Å²) in [5.74, 6) is 0.682. The van der Waals surface area contributed by atoms with Crippen LogP contribution in [0.15, 0.2) is 58.6 Å². The van der Waals surface area contributed by atoms with Gasteiger partial charge in [0, 0.05) is 47.5 Å². The van der Waals surface area contributed by atoms with Crippen LogP contribution in [0.25, 0.3) is 23.2 Å². The molecule has 0 radical (unpaired) electrons. The summed E-state index contributed by atoms with van der Waals surface area (Å²) >= 11 is 6.01. The van der Waals surface area contributed by atoms with Gasteiger partial charge >= 0.3 is 0 Å². The molecule has 2 aromatic heterocycles. The lowest BCUT2D eigenvalue weighted by atomic mass is 10.2. The molecule has 0 aliphatic heterocycles. The molecule has 0 aliphatic rings. The molecule has 1 aromatic carbocycles. The Morgan fingerprint density at radius 3 is 2.60 bits per heavy atom. The van der Waals surface area contributed by atoms with Crippen molar-refractivity contribution in [2.75, 3.05) is 0 Å². The van der Waals surface area contributed by atoms with E-state index in [9.17, 15) is 4.79 Å². The summed E-state index contributed by atoms with van der Waals surface area (Å²) in [6, 6.07) is 10.9. The molecule has 6 heteroatoms. The van der Waals surface area contributed by atoms with Crippen LogP contribution in [0.5, 0.6) is 0 Å². The lowest BCUT2D eigenvalue weighted by Crippen LogP contribution is -2.14. The highest BCUT2D eigenvalue weighted by Gasteiger charge is 2.16.